The van der Waals surface area contributed by atoms with Crippen LogP contribution in [0, 0.1) is 5.92 Å². The van der Waals surface area contributed by atoms with Crippen LogP contribution < -0.4 is 4.74 Å². The Labute approximate surface area is 195 Å². The molecular formula is C27H32N2O4. The molecule has 0 N–H and O–H groups in total. The van der Waals surface area contributed by atoms with Gasteiger partial charge in [0.15, 0.2) is 5.76 Å². The van der Waals surface area contributed by atoms with Gasteiger partial charge in [0.2, 0.25) is 5.91 Å². The average molecular weight is 449 g/mol. The quantitative estimate of drug-likeness (QED) is 0.480. The third-order valence-corrected chi connectivity index (χ3v) is 6.33. The molecule has 1 aromatic heterocycles. The van der Waals surface area contributed by atoms with E-state index in [9.17, 15) is 9.59 Å². The zero-order chi connectivity index (χ0) is 23.2. The SMILES string of the molecule is CCCCN(C)C(=O)C1CCN(C(=O)c2ccc(COc3ccc4ccccc4c3)o2)CC1. The van der Waals surface area contributed by atoms with Gasteiger partial charge in [-0.3, -0.25) is 9.59 Å². The van der Waals surface area contributed by atoms with Crippen LogP contribution in [0.5, 0.6) is 5.75 Å². The average Bonchev–Trinajstić information content (AvgIpc) is 3.34. The molecule has 0 aliphatic carbocycles. The first-order valence-electron chi connectivity index (χ1n) is 11.8. The summed E-state index contributed by atoms with van der Waals surface area (Å²) < 4.78 is 11.6. The summed E-state index contributed by atoms with van der Waals surface area (Å²) >= 11 is 0. The minimum atomic E-state index is -0.128. The third kappa shape index (κ3) is 5.56. The number of carbonyl (C=O) groups is 2. The van der Waals surface area contributed by atoms with Crippen LogP contribution in [0.3, 0.4) is 0 Å². The first-order chi connectivity index (χ1) is 16.0. The van der Waals surface area contributed by atoms with Crippen molar-refractivity contribution >= 4 is 22.6 Å². The number of hydrogen-bond donors (Lipinski definition) is 0. The molecular weight excluding hydrogens is 416 g/mol. The fourth-order valence-corrected chi connectivity index (χ4v) is 4.28. The minimum Gasteiger partial charge on any atom is -0.486 e. The maximum Gasteiger partial charge on any atom is 0.289 e. The zero-order valence-corrected chi connectivity index (χ0v) is 19.5. The van der Waals surface area contributed by atoms with E-state index in [1.165, 1.54) is 0 Å². The first-order valence-corrected chi connectivity index (χ1v) is 11.8. The van der Waals surface area contributed by atoms with E-state index in [2.05, 4.69) is 13.0 Å². The molecule has 2 heterocycles. The van der Waals surface area contributed by atoms with Crippen molar-refractivity contribution in [1.82, 2.24) is 9.80 Å². The zero-order valence-electron chi connectivity index (χ0n) is 19.5. The van der Waals surface area contributed by atoms with E-state index in [0.717, 1.165) is 35.9 Å². The smallest absolute Gasteiger partial charge is 0.289 e. The second-order valence-electron chi connectivity index (χ2n) is 8.74. The van der Waals surface area contributed by atoms with Crippen LogP contribution >= 0.6 is 0 Å². The van der Waals surface area contributed by atoms with E-state index in [1.807, 2.05) is 48.3 Å². The van der Waals surface area contributed by atoms with Crippen molar-refractivity contribution in [2.24, 2.45) is 5.92 Å². The lowest BCUT2D eigenvalue weighted by molar-refractivity contribution is -0.135. The first kappa shape index (κ1) is 22.9. The highest BCUT2D eigenvalue weighted by atomic mass is 16.5. The summed E-state index contributed by atoms with van der Waals surface area (Å²) in [5.41, 5.74) is 0. The lowest BCUT2D eigenvalue weighted by Crippen LogP contribution is -2.43. The molecule has 3 aromatic rings. The number of nitrogens with zero attached hydrogens (tertiary/aromatic N) is 2. The van der Waals surface area contributed by atoms with Crippen LogP contribution in [0.2, 0.25) is 0 Å². The summed E-state index contributed by atoms with van der Waals surface area (Å²) in [6.45, 7) is 4.32. The van der Waals surface area contributed by atoms with Crippen molar-refractivity contribution in [2.75, 3.05) is 26.7 Å². The summed E-state index contributed by atoms with van der Waals surface area (Å²) in [4.78, 5) is 29.1. The Balaban J connectivity index is 1.28. The molecule has 0 saturated carbocycles. The molecule has 0 unspecified atom stereocenters. The molecule has 1 saturated heterocycles. The molecule has 2 aromatic carbocycles. The van der Waals surface area contributed by atoms with Crippen LogP contribution in [-0.2, 0) is 11.4 Å². The number of likely N-dealkylation sites (tertiary alicyclic amines) is 1. The van der Waals surface area contributed by atoms with Gasteiger partial charge in [-0.15, -0.1) is 0 Å². The number of ether oxygens (including phenoxy) is 1. The summed E-state index contributed by atoms with van der Waals surface area (Å²) in [5.74, 6) is 1.75. The van der Waals surface area contributed by atoms with Gasteiger partial charge in [-0.05, 0) is 54.3 Å². The van der Waals surface area contributed by atoms with E-state index in [4.69, 9.17) is 9.15 Å². The van der Waals surface area contributed by atoms with Gasteiger partial charge in [0.1, 0.15) is 18.1 Å². The number of carbonyl (C=O) groups excluding carboxylic acids is 2. The molecule has 6 nitrogen and oxygen atoms in total. The third-order valence-electron chi connectivity index (χ3n) is 6.33. The van der Waals surface area contributed by atoms with Crippen molar-refractivity contribution in [3.05, 3.63) is 66.1 Å². The lowest BCUT2D eigenvalue weighted by atomic mass is 9.95. The Hall–Kier alpha value is -3.28. The minimum absolute atomic E-state index is 0.00146. The van der Waals surface area contributed by atoms with E-state index in [0.29, 0.717) is 37.5 Å². The second kappa shape index (κ2) is 10.6. The largest absolute Gasteiger partial charge is 0.486 e. The predicted molar refractivity (Wildman–Crippen MR) is 128 cm³/mol. The molecule has 0 bridgehead atoms. The highest BCUT2D eigenvalue weighted by Gasteiger charge is 2.30. The number of amides is 2. The molecule has 33 heavy (non-hydrogen) atoms. The monoisotopic (exact) mass is 448 g/mol. The highest BCUT2D eigenvalue weighted by molar-refractivity contribution is 5.91. The fourth-order valence-electron chi connectivity index (χ4n) is 4.28. The lowest BCUT2D eigenvalue weighted by Gasteiger charge is -2.32. The molecule has 4 rings (SSSR count). The molecule has 1 aliphatic rings. The fraction of sp³-hybridized carbons (Fsp3) is 0.407. The molecule has 0 spiro atoms. The van der Waals surface area contributed by atoms with Crippen LogP contribution in [0.1, 0.15) is 48.9 Å². The van der Waals surface area contributed by atoms with E-state index in [-0.39, 0.29) is 24.3 Å². The maximum absolute atomic E-state index is 12.9. The van der Waals surface area contributed by atoms with Crippen molar-refractivity contribution in [3.8, 4) is 5.75 Å². The van der Waals surface area contributed by atoms with Gasteiger partial charge in [0.25, 0.3) is 5.91 Å². The Bertz CT molecular complexity index is 1100. The molecule has 0 radical (unpaired) electrons. The predicted octanol–water partition coefficient (Wildman–Crippen LogP) is 5.12. The van der Waals surface area contributed by atoms with Crippen LogP contribution in [0.4, 0.5) is 0 Å². The van der Waals surface area contributed by atoms with Gasteiger partial charge in [0, 0.05) is 32.6 Å². The van der Waals surface area contributed by atoms with E-state index < -0.39 is 0 Å². The van der Waals surface area contributed by atoms with Crippen LogP contribution in [-0.4, -0.2) is 48.3 Å². The molecule has 1 aliphatic heterocycles. The van der Waals surface area contributed by atoms with E-state index in [1.54, 1.807) is 17.0 Å². The van der Waals surface area contributed by atoms with Crippen molar-refractivity contribution < 1.29 is 18.7 Å². The van der Waals surface area contributed by atoms with Crippen molar-refractivity contribution in [3.63, 3.8) is 0 Å². The number of hydrogen-bond acceptors (Lipinski definition) is 4. The van der Waals surface area contributed by atoms with Crippen molar-refractivity contribution in [1.29, 1.82) is 0 Å². The van der Waals surface area contributed by atoms with Gasteiger partial charge < -0.3 is 19.0 Å². The number of piperidine rings is 1. The Kier molecular flexibility index (Phi) is 7.33. The molecule has 1 fully saturated rings. The molecule has 0 atom stereocenters. The van der Waals surface area contributed by atoms with Gasteiger partial charge in [-0.2, -0.15) is 0 Å². The summed E-state index contributed by atoms with van der Waals surface area (Å²) in [5, 5.41) is 2.28. The van der Waals surface area contributed by atoms with Gasteiger partial charge in [-0.25, -0.2) is 0 Å². The highest BCUT2D eigenvalue weighted by Crippen LogP contribution is 2.24. The number of rotatable bonds is 8. The maximum atomic E-state index is 12.9. The van der Waals surface area contributed by atoms with E-state index >= 15 is 0 Å². The van der Waals surface area contributed by atoms with Crippen LogP contribution in [0.25, 0.3) is 10.8 Å². The number of furan rings is 1. The number of benzene rings is 2. The standard InChI is InChI=1S/C27H32N2O4/c1-3-4-15-28(2)26(30)21-13-16-29(17-14-21)27(31)25-12-11-24(33-25)19-32-23-10-9-20-7-5-6-8-22(20)18-23/h5-12,18,21H,3-4,13-17,19H2,1-2H3. The molecule has 2 amide bonds. The van der Waals surface area contributed by atoms with Gasteiger partial charge in [0.05, 0.1) is 0 Å². The normalized spacial score (nSPS) is 14.4. The van der Waals surface area contributed by atoms with Crippen LogP contribution in [0.15, 0.2) is 59.0 Å². The summed E-state index contributed by atoms with van der Waals surface area (Å²) in [6, 6.07) is 17.6. The summed E-state index contributed by atoms with van der Waals surface area (Å²) in [7, 11) is 1.87. The Morgan fingerprint density at radius 2 is 1.82 bits per heavy atom. The number of unbranched alkanes of at least 4 members (excludes halogenated alkanes) is 1. The number of fused-ring (bicyclic) bond motifs is 1. The Morgan fingerprint density at radius 1 is 1.06 bits per heavy atom. The second-order valence-corrected chi connectivity index (χ2v) is 8.74. The molecule has 6 heteroatoms. The van der Waals surface area contributed by atoms with Gasteiger partial charge >= 0.3 is 0 Å². The Morgan fingerprint density at radius 3 is 2.58 bits per heavy atom. The summed E-state index contributed by atoms with van der Waals surface area (Å²) in [6.07, 6.45) is 3.48. The molecule has 174 valence electrons. The topological polar surface area (TPSA) is 63.0 Å². The van der Waals surface area contributed by atoms with Crippen molar-refractivity contribution in [2.45, 2.75) is 39.2 Å². The van der Waals surface area contributed by atoms with Gasteiger partial charge in [-0.1, -0.05) is 43.7 Å².